The summed E-state index contributed by atoms with van der Waals surface area (Å²) in [5.41, 5.74) is 1.21. The van der Waals surface area contributed by atoms with Gasteiger partial charge in [-0.2, -0.15) is 0 Å². The second-order valence-electron chi connectivity index (χ2n) is 10.5. The third-order valence-corrected chi connectivity index (χ3v) is 9.57. The summed E-state index contributed by atoms with van der Waals surface area (Å²) in [5, 5.41) is 4.28. The quantitative estimate of drug-likeness (QED) is 0.257. The average Bonchev–Trinajstić information content (AvgIpc) is 2.91. The molecule has 1 aliphatic heterocycles. The van der Waals surface area contributed by atoms with Gasteiger partial charge in [-0.25, -0.2) is 0 Å². The largest absolute Gasteiger partial charge is 0.349 e. The van der Waals surface area contributed by atoms with Crippen LogP contribution in [0.5, 0.6) is 0 Å². The summed E-state index contributed by atoms with van der Waals surface area (Å²) in [7, 11) is 0. The van der Waals surface area contributed by atoms with Crippen molar-refractivity contribution in [2.45, 2.75) is 77.3 Å². The number of benzene rings is 2. The molecule has 8 heteroatoms. The Morgan fingerprint density at radius 3 is 2.39 bits per heavy atom. The number of amides is 2. The monoisotopic (exact) mass is 671 g/mol. The third kappa shape index (κ3) is 7.64. The summed E-state index contributed by atoms with van der Waals surface area (Å²) in [5.74, 6) is 0.149. The number of rotatable bonds is 11. The third-order valence-electron chi connectivity index (χ3n) is 7.85. The molecule has 3 rings (SSSR count). The molecule has 1 N–H and O–H groups in total. The van der Waals surface area contributed by atoms with Gasteiger partial charge in [-0.15, -0.1) is 0 Å². The van der Waals surface area contributed by atoms with Crippen LogP contribution >= 0.6 is 45.8 Å². The van der Waals surface area contributed by atoms with E-state index in [1.54, 1.807) is 13.0 Å². The van der Waals surface area contributed by atoms with E-state index in [0.717, 1.165) is 66.6 Å². The van der Waals surface area contributed by atoms with Crippen LogP contribution in [0, 0.1) is 3.57 Å². The molecule has 0 spiro atoms. The lowest BCUT2D eigenvalue weighted by atomic mass is 9.77. The summed E-state index contributed by atoms with van der Waals surface area (Å²) in [6.07, 6.45) is 4.33. The topological polar surface area (TPSA) is 52.7 Å². The molecule has 1 aliphatic rings. The predicted molar refractivity (Wildman–Crippen MR) is 166 cm³/mol. The molecule has 1 saturated heterocycles. The fourth-order valence-corrected chi connectivity index (χ4v) is 6.44. The van der Waals surface area contributed by atoms with E-state index >= 15 is 0 Å². The van der Waals surface area contributed by atoms with Gasteiger partial charge in [-0.05, 0) is 97.5 Å². The van der Waals surface area contributed by atoms with E-state index in [1.165, 1.54) is 0 Å². The minimum absolute atomic E-state index is 0.0111. The van der Waals surface area contributed by atoms with Crippen LogP contribution in [-0.2, 0) is 15.0 Å². The molecule has 0 bridgehead atoms. The number of carbonyl (C=O) groups is 2. The number of nitrogens with one attached hydrogen (secondary N) is 1. The minimum atomic E-state index is -0.785. The normalized spacial score (nSPS) is 17.0. The van der Waals surface area contributed by atoms with E-state index in [9.17, 15) is 9.59 Å². The van der Waals surface area contributed by atoms with Crippen LogP contribution in [0.4, 0.5) is 0 Å². The summed E-state index contributed by atoms with van der Waals surface area (Å²) >= 11 is 15.0. The molecule has 0 aliphatic carbocycles. The van der Waals surface area contributed by atoms with Crippen LogP contribution in [0.2, 0.25) is 10.0 Å². The molecule has 2 atom stereocenters. The maximum atomic E-state index is 14.0. The van der Waals surface area contributed by atoms with Crippen molar-refractivity contribution in [3.63, 3.8) is 0 Å². The van der Waals surface area contributed by atoms with Gasteiger partial charge in [0.05, 0.1) is 21.5 Å². The van der Waals surface area contributed by atoms with E-state index < -0.39 is 5.41 Å². The highest BCUT2D eigenvalue weighted by atomic mass is 127. The Morgan fingerprint density at radius 2 is 1.82 bits per heavy atom. The van der Waals surface area contributed by atoms with Crippen LogP contribution in [-0.4, -0.2) is 53.8 Å². The summed E-state index contributed by atoms with van der Waals surface area (Å²) in [6, 6.07) is 13.9. The number of nitrogens with zero attached hydrogens (tertiary/aromatic N) is 2. The van der Waals surface area contributed by atoms with Crippen molar-refractivity contribution in [1.82, 2.24) is 15.1 Å². The van der Waals surface area contributed by atoms with Gasteiger partial charge in [-0.1, -0.05) is 61.3 Å². The van der Waals surface area contributed by atoms with Crippen molar-refractivity contribution in [3.8, 4) is 0 Å². The molecule has 0 saturated carbocycles. The van der Waals surface area contributed by atoms with Gasteiger partial charge in [0.25, 0.3) is 0 Å². The van der Waals surface area contributed by atoms with E-state index in [4.69, 9.17) is 23.2 Å². The number of hydrogen-bond acceptors (Lipinski definition) is 3. The molecule has 1 fully saturated rings. The van der Waals surface area contributed by atoms with Gasteiger partial charge < -0.3 is 15.1 Å². The lowest BCUT2D eigenvalue weighted by Gasteiger charge is -2.39. The summed E-state index contributed by atoms with van der Waals surface area (Å²) in [6.45, 7) is 11.3. The van der Waals surface area contributed by atoms with E-state index in [1.807, 2.05) is 36.1 Å². The van der Waals surface area contributed by atoms with Crippen molar-refractivity contribution in [1.29, 1.82) is 0 Å². The fraction of sp³-hybridized carbons (Fsp3) is 0.533. The Kier molecular flexibility index (Phi) is 11.8. The average molecular weight is 672 g/mol. The first-order valence-corrected chi connectivity index (χ1v) is 15.4. The van der Waals surface area contributed by atoms with Crippen LogP contribution in [0.1, 0.15) is 77.0 Å². The second kappa shape index (κ2) is 14.3. The lowest BCUT2D eigenvalue weighted by Crippen LogP contribution is -2.49. The van der Waals surface area contributed by atoms with Crippen molar-refractivity contribution in [3.05, 3.63) is 67.2 Å². The first-order chi connectivity index (χ1) is 18.1. The highest BCUT2D eigenvalue weighted by Crippen LogP contribution is 2.35. The van der Waals surface area contributed by atoms with Gasteiger partial charge in [0.1, 0.15) is 0 Å². The Balaban J connectivity index is 1.77. The molecule has 208 valence electrons. The standard InChI is InChI=1S/C30H40Cl2IN3O2/c1-5-16-36(21(3)37)23-13-17-35(18-14-23)19-15-30(4,22-11-12-25(31)26(32)20-22)29(38)34-28(6-2)24-9-7-8-10-27(24)33/h7-12,20,23,28H,5-6,13-19H2,1-4H3,(H,34,38)/t28-,30?/m0/s1. The molecular formula is C30H40Cl2IN3O2. The van der Waals surface area contributed by atoms with Crippen molar-refractivity contribution < 1.29 is 9.59 Å². The molecule has 0 radical (unpaired) electrons. The molecule has 2 aromatic carbocycles. The molecule has 2 aromatic rings. The number of hydrogen-bond donors (Lipinski definition) is 1. The van der Waals surface area contributed by atoms with E-state index in [2.05, 4.69) is 58.8 Å². The number of halogens is 3. The molecule has 5 nitrogen and oxygen atoms in total. The van der Waals surface area contributed by atoms with Crippen molar-refractivity contribution in [2.75, 3.05) is 26.2 Å². The first kappa shape index (κ1) is 31.2. The Hall–Kier alpha value is -1.35. The zero-order valence-corrected chi connectivity index (χ0v) is 26.6. The van der Waals surface area contributed by atoms with Gasteiger partial charge >= 0.3 is 0 Å². The van der Waals surface area contributed by atoms with Gasteiger partial charge in [0.2, 0.25) is 11.8 Å². The van der Waals surface area contributed by atoms with Crippen molar-refractivity contribution in [2.24, 2.45) is 0 Å². The van der Waals surface area contributed by atoms with Gasteiger partial charge in [-0.3, -0.25) is 9.59 Å². The Morgan fingerprint density at radius 1 is 1.13 bits per heavy atom. The fourth-order valence-electron chi connectivity index (χ4n) is 5.38. The van der Waals surface area contributed by atoms with Gasteiger partial charge in [0.15, 0.2) is 0 Å². The van der Waals surface area contributed by atoms with E-state index in [-0.39, 0.29) is 17.9 Å². The summed E-state index contributed by atoms with van der Waals surface area (Å²) < 4.78 is 1.14. The highest BCUT2D eigenvalue weighted by Gasteiger charge is 2.37. The summed E-state index contributed by atoms with van der Waals surface area (Å²) in [4.78, 5) is 30.6. The van der Waals surface area contributed by atoms with E-state index in [0.29, 0.717) is 22.5 Å². The molecule has 1 unspecified atom stereocenters. The maximum Gasteiger partial charge on any atom is 0.230 e. The zero-order valence-electron chi connectivity index (χ0n) is 22.9. The van der Waals surface area contributed by atoms with Crippen molar-refractivity contribution >= 4 is 57.6 Å². The van der Waals surface area contributed by atoms with Crippen LogP contribution in [0.3, 0.4) is 0 Å². The number of likely N-dealkylation sites (tertiary alicyclic amines) is 1. The lowest BCUT2D eigenvalue weighted by molar-refractivity contribution is -0.132. The Bertz CT molecular complexity index is 1110. The SMILES string of the molecule is CCCN(C(C)=O)C1CCN(CCC(C)(C(=O)N[C@@H](CC)c2ccccc2I)c2ccc(Cl)c(Cl)c2)CC1. The van der Waals surface area contributed by atoms with Gasteiger partial charge in [0, 0.05) is 36.2 Å². The smallest absolute Gasteiger partial charge is 0.230 e. The molecule has 1 heterocycles. The second-order valence-corrected chi connectivity index (χ2v) is 12.4. The highest BCUT2D eigenvalue weighted by molar-refractivity contribution is 14.1. The molecule has 38 heavy (non-hydrogen) atoms. The number of piperidine rings is 1. The molecular weight excluding hydrogens is 632 g/mol. The van der Waals surface area contributed by atoms with Crippen LogP contribution in [0.25, 0.3) is 0 Å². The van der Waals surface area contributed by atoms with Crippen LogP contribution in [0.15, 0.2) is 42.5 Å². The molecule has 0 aromatic heterocycles. The predicted octanol–water partition coefficient (Wildman–Crippen LogP) is 7.24. The first-order valence-electron chi connectivity index (χ1n) is 13.6. The minimum Gasteiger partial charge on any atom is -0.349 e. The zero-order chi connectivity index (χ0) is 27.9. The number of carbonyl (C=O) groups excluding carboxylic acids is 2. The maximum absolute atomic E-state index is 14.0. The molecule has 2 amide bonds. The van der Waals surface area contributed by atoms with Crippen LogP contribution < -0.4 is 5.32 Å². The Labute approximate surface area is 251 Å².